The molecule has 2 heteroatoms. The van der Waals surface area contributed by atoms with Gasteiger partial charge in [0.25, 0.3) is 0 Å². The molecule has 0 bridgehead atoms. The molecule has 1 N–H and O–H groups in total. The van der Waals surface area contributed by atoms with Crippen LogP contribution in [0.2, 0.25) is 0 Å². The Hall–Kier alpha value is -1.28. The van der Waals surface area contributed by atoms with Crippen LogP contribution < -0.4 is 5.32 Å². The van der Waals surface area contributed by atoms with Gasteiger partial charge in [0.2, 0.25) is 0 Å². The van der Waals surface area contributed by atoms with Gasteiger partial charge in [0.1, 0.15) is 6.17 Å². The van der Waals surface area contributed by atoms with Crippen LogP contribution in [0.15, 0.2) is 30.5 Å². The first-order valence-corrected chi connectivity index (χ1v) is 5.21. The molecule has 1 fully saturated rings. The normalized spacial score (nSPS) is 24.3. The fourth-order valence-corrected chi connectivity index (χ4v) is 2.28. The van der Waals surface area contributed by atoms with E-state index in [-0.39, 0.29) is 0 Å². The zero-order valence-electron chi connectivity index (χ0n) is 8.11. The van der Waals surface area contributed by atoms with E-state index in [1.54, 1.807) is 0 Å². The van der Waals surface area contributed by atoms with Crippen molar-refractivity contribution in [3.05, 3.63) is 41.6 Å². The summed E-state index contributed by atoms with van der Waals surface area (Å²) in [6, 6.07) is 8.61. The lowest BCUT2D eigenvalue weighted by Gasteiger charge is -2.39. The highest BCUT2D eigenvalue weighted by Crippen LogP contribution is 2.29. The van der Waals surface area contributed by atoms with Crippen LogP contribution >= 0.6 is 0 Å². The standard InChI is InChI=1S/C12H14N2/c1-2-5-11-10(4-1)6-9-14-8-3-7-13-12(11)14/h1-2,4-6,9,12-13H,3,7-8H2. The van der Waals surface area contributed by atoms with Crippen LogP contribution in [0.25, 0.3) is 6.08 Å². The summed E-state index contributed by atoms with van der Waals surface area (Å²) in [7, 11) is 0. The van der Waals surface area contributed by atoms with E-state index in [0.29, 0.717) is 6.17 Å². The van der Waals surface area contributed by atoms with Crippen molar-refractivity contribution in [2.24, 2.45) is 0 Å². The molecule has 1 aromatic rings. The highest BCUT2D eigenvalue weighted by Gasteiger charge is 2.24. The van der Waals surface area contributed by atoms with Gasteiger partial charge in [0.15, 0.2) is 0 Å². The van der Waals surface area contributed by atoms with Crippen LogP contribution in [-0.2, 0) is 0 Å². The molecule has 0 aliphatic carbocycles. The fraction of sp³-hybridized carbons (Fsp3) is 0.333. The number of nitrogens with one attached hydrogen (secondary N) is 1. The SMILES string of the molecule is C1=CN2CCCNC2c2ccccc21. The van der Waals surface area contributed by atoms with Crippen molar-refractivity contribution in [2.75, 3.05) is 13.1 Å². The lowest BCUT2D eigenvalue weighted by molar-refractivity contribution is 0.192. The van der Waals surface area contributed by atoms with Gasteiger partial charge in [-0.15, -0.1) is 0 Å². The monoisotopic (exact) mass is 186 g/mol. The predicted octanol–water partition coefficient (Wildman–Crippen LogP) is 1.96. The van der Waals surface area contributed by atoms with E-state index in [0.717, 1.165) is 6.54 Å². The maximum atomic E-state index is 3.55. The average Bonchev–Trinajstić information content (AvgIpc) is 2.29. The molecule has 3 rings (SSSR count). The van der Waals surface area contributed by atoms with Crippen LogP contribution in [0.1, 0.15) is 23.7 Å². The number of hydrogen-bond donors (Lipinski definition) is 1. The van der Waals surface area contributed by atoms with Crippen molar-refractivity contribution in [1.82, 2.24) is 10.2 Å². The Morgan fingerprint density at radius 1 is 1.29 bits per heavy atom. The molecule has 1 aromatic carbocycles. The highest BCUT2D eigenvalue weighted by atomic mass is 15.3. The molecular weight excluding hydrogens is 172 g/mol. The van der Waals surface area contributed by atoms with Crippen molar-refractivity contribution in [1.29, 1.82) is 0 Å². The molecule has 72 valence electrons. The van der Waals surface area contributed by atoms with E-state index >= 15 is 0 Å². The minimum absolute atomic E-state index is 0.407. The zero-order chi connectivity index (χ0) is 9.38. The number of rotatable bonds is 0. The van der Waals surface area contributed by atoms with Crippen molar-refractivity contribution in [2.45, 2.75) is 12.6 Å². The Morgan fingerprint density at radius 3 is 3.21 bits per heavy atom. The lowest BCUT2D eigenvalue weighted by Crippen LogP contribution is -2.43. The van der Waals surface area contributed by atoms with Crippen LogP contribution in [-0.4, -0.2) is 18.0 Å². The number of benzene rings is 1. The lowest BCUT2D eigenvalue weighted by atomic mass is 9.99. The summed E-state index contributed by atoms with van der Waals surface area (Å²) in [5.74, 6) is 0. The smallest absolute Gasteiger partial charge is 0.106 e. The van der Waals surface area contributed by atoms with Crippen molar-refractivity contribution >= 4 is 6.08 Å². The van der Waals surface area contributed by atoms with Gasteiger partial charge in [-0.1, -0.05) is 24.3 Å². The fourth-order valence-electron chi connectivity index (χ4n) is 2.28. The van der Waals surface area contributed by atoms with Crippen LogP contribution in [0.3, 0.4) is 0 Å². The van der Waals surface area contributed by atoms with Crippen molar-refractivity contribution < 1.29 is 0 Å². The summed E-state index contributed by atoms with van der Waals surface area (Å²) < 4.78 is 0. The molecule has 1 unspecified atom stereocenters. The second-order valence-corrected chi connectivity index (χ2v) is 3.89. The van der Waals surface area contributed by atoms with Crippen LogP contribution in [0.5, 0.6) is 0 Å². The Labute approximate surface area is 84.2 Å². The van der Waals surface area contributed by atoms with E-state index in [4.69, 9.17) is 0 Å². The molecule has 2 aliphatic heterocycles. The molecule has 14 heavy (non-hydrogen) atoms. The second kappa shape index (κ2) is 3.14. The molecule has 2 aliphatic rings. The third-order valence-corrected chi connectivity index (χ3v) is 3.00. The molecular formula is C12H14N2. The first-order valence-electron chi connectivity index (χ1n) is 5.21. The zero-order valence-corrected chi connectivity index (χ0v) is 8.11. The number of fused-ring (bicyclic) bond motifs is 3. The first kappa shape index (κ1) is 8.06. The third kappa shape index (κ3) is 1.15. The third-order valence-electron chi connectivity index (χ3n) is 3.00. The molecule has 0 saturated carbocycles. The Morgan fingerprint density at radius 2 is 2.21 bits per heavy atom. The van der Waals surface area contributed by atoms with E-state index < -0.39 is 0 Å². The summed E-state index contributed by atoms with van der Waals surface area (Å²) in [5.41, 5.74) is 2.76. The molecule has 0 radical (unpaired) electrons. The van der Waals surface area contributed by atoms with Gasteiger partial charge in [-0.25, -0.2) is 0 Å². The number of nitrogens with zero attached hydrogens (tertiary/aromatic N) is 1. The minimum atomic E-state index is 0.407. The summed E-state index contributed by atoms with van der Waals surface area (Å²) in [4.78, 5) is 2.38. The quantitative estimate of drug-likeness (QED) is 0.666. The summed E-state index contributed by atoms with van der Waals surface area (Å²) in [5, 5.41) is 3.55. The second-order valence-electron chi connectivity index (χ2n) is 3.89. The van der Waals surface area contributed by atoms with E-state index in [1.807, 2.05) is 0 Å². The largest absolute Gasteiger partial charge is 0.358 e. The first-order chi connectivity index (χ1) is 6.95. The predicted molar refractivity (Wildman–Crippen MR) is 57.5 cm³/mol. The maximum absolute atomic E-state index is 3.55. The van der Waals surface area contributed by atoms with Crippen molar-refractivity contribution in [3.8, 4) is 0 Å². The van der Waals surface area contributed by atoms with Crippen LogP contribution in [0, 0.1) is 0 Å². The van der Waals surface area contributed by atoms with Gasteiger partial charge in [0, 0.05) is 12.7 Å². The van der Waals surface area contributed by atoms with Gasteiger partial charge in [-0.3, -0.25) is 5.32 Å². The Kier molecular flexibility index (Phi) is 1.81. The molecule has 1 saturated heterocycles. The summed E-state index contributed by atoms with van der Waals surface area (Å²) >= 11 is 0. The summed E-state index contributed by atoms with van der Waals surface area (Å²) in [6.45, 7) is 2.30. The van der Waals surface area contributed by atoms with E-state index in [2.05, 4.69) is 46.8 Å². The molecule has 0 aromatic heterocycles. The molecule has 0 amide bonds. The van der Waals surface area contributed by atoms with Crippen LogP contribution in [0.4, 0.5) is 0 Å². The van der Waals surface area contributed by atoms with Gasteiger partial charge < -0.3 is 4.90 Å². The van der Waals surface area contributed by atoms with E-state index in [1.165, 1.54) is 24.1 Å². The Bertz CT molecular complexity index is 370. The van der Waals surface area contributed by atoms with Gasteiger partial charge in [-0.2, -0.15) is 0 Å². The molecule has 1 atom stereocenters. The molecule has 0 spiro atoms. The van der Waals surface area contributed by atoms with Gasteiger partial charge in [-0.05, 0) is 30.2 Å². The van der Waals surface area contributed by atoms with Gasteiger partial charge >= 0.3 is 0 Å². The average molecular weight is 186 g/mol. The molecule has 2 heterocycles. The number of hydrogen-bond acceptors (Lipinski definition) is 2. The topological polar surface area (TPSA) is 15.3 Å². The summed E-state index contributed by atoms with van der Waals surface area (Å²) in [6.07, 6.45) is 6.06. The maximum Gasteiger partial charge on any atom is 0.106 e. The molecule has 2 nitrogen and oxygen atoms in total. The highest BCUT2D eigenvalue weighted by molar-refractivity contribution is 5.56. The minimum Gasteiger partial charge on any atom is -0.358 e. The van der Waals surface area contributed by atoms with E-state index in [9.17, 15) is 0 Å². The van der Waals surface area contributed by atoms with Crippen molar-refractivity contribution in [3.63, 3.8) is 0 Å². The van der Waals surface area contributed by atoms with Gasteiger partial charge in [0.05, 0.1) is 0 Å². The Balaban J connectivity index is 2.05.